The third kappa shape index (κ3) is 16.8. The molecule has 4 aliphatic rings. The van der Waals surface area contributed by atoms with Gasteiger partial charge in [0.15, 0.2) is 25.2 Å². The highest BCUT2D eigenvalue weighted by molar-refractivity contribution is 7.81. The van der Waals surface area contributed by atoms with Crippen LogP contribution in [0.4, 0.5) is 0 Å². The molecule has 4 saturated heterocycles. The molecule has 37 nitrogen and oxygen atoms in total. The number of hydrogen-bond donors (Lipinski definition) is 7. The van der Waals surface area contributed by atoms with E-state index in [0.29, 0.717) is 6.92 Å². The van der Waals surface area contributed by atoms with E-state index in [1.807, 2.05) is 5.32 Å². The summed E-state index contributed by atoms with van der Waals surface area (Å²) >= 11 is 0. The smallest absolute Gasteiger partial charge is 0.218 e. The molecule has 4 aliphatic heterocycles. The Bertz CT molecular complexity index is 2390. The van der Waals surface area contributed by atoms with Crippen molar-refractivity contribution in [2.24, 2.45) is 0 Å². The van der Waals surface area contributed by atoms with Crippen molar-refractivity contribution in [3.05, 3.63) is 12.7 Å². The molecule has 41 heteroatoms. The highest BCUT2D eigenvalue weighted by atomic mass is 32.3. The quantitative estimate of drug-likeness (QED) is 0.0284. The lowest BCUT2D eigenvalue weighted by molar-refractivity contribution is -0.385. The topological polar surface area (TPSA) is 579 Å². The number of carboxylic acids is 2. The molecule has 4 heterocycles. The van der Waals surface area contributed by atoms with Gasteiger partial charge in [-0.05, 0) is 0 Å². The standard InChI is InChI=1S/C31H48N2O35S4/c1-4-5-57-28-12(32-8(2)34)21(19(67-71(51,52)53)10(60-28)6-58-69(45,46)47)62-31-18(40)16(38)23(25(66-31)27(43)44)64-29-13(33-9(3)35)22(63-30-17(39)14(36)15(37)24(65-30)26(41)42)20(68-72(54,55)56)11(61-29)7-59-70(48,49)50/h4,10-25,28-31,36-40H,1,5-7H2,2-3H3,(H,32,34)(H,33,35)(H,41,42)(H,43,44)(H,45,46,47)(H,48,49,50)(H,51,52,53)(H,54,55,56)/p-6/t10?,11?,12?,13?,14-,15-,16+,17?,18?,19-,20-,21+,22+,23-,24?,25?,28+,29-,30+,31+/m0/s1. The fourth-order valence-corrected chi connectivity index (χ4v) is 8.92. The van der Waals surface area contributed by atoms with E-state index in [2.05, 4.69) is 28.6 Å². The Morgan fingerprint density at radius 2 is 0.917 bits per heavy atom. The van der Waals surface area contributed by atoms with Gasteiger partial charge in [-0.1, -0.05) is 6.08 Å². The number of rotatable bonds is 23. The molecule has 8 unspecified atom stereocenters. The summed E-state index contributed by atoms with van der Waals surface area (Å²) in [6.07, 6.45) is -45.9. The van der Waals surface area contributed by atoms with Gasteiger partial charge in [-0.3, -0.25) is 26.3 Å². The van der Waals surface area contributed by atoms with Crippen molar-refractivity contribution in [2.75, 3.05) is 19.8 Å². The molecule has 0 aliphatic carbocycles. The minimum atomic E-state index is -6.13. The summed E-state index contributed by atoms with van der Waals surface area (Å²) in [5.41, 5.74) is 0. The SMILES string of the molecule is C=CCO[C@@H]1OC(COS(=O)(=O)[O-])[C@H](OS(=O)(=O)[O-])[C@H](O[C@@H]2OC(C(=O)[O-])[C@@H](O[C@@H]3OC(COS(=O)(=O)[O-])[C@H](OS(=O)(=O)[O-])[C@H](O[C@@H]4OC(C(=O)[O-])[C@@H](O)[C@H](O)C4O)C3NC(C)=O)[C@H](O)C2O)C1NC(C)=O. The molecule has 0 aromatic heterocycles. The van der Waals surface area contributed by atoms with Crippen LogP contribution in [0.25, 0.3) is 0 Å². The largest absolute Gasteiger partial charge is 0.726 e. The maximum Gasteiger partial charge on any atom is 0.218 e. The maximum atomic E-state index is 12.8. The number of hydrogen-bond acceptors (Lipinski definition) is 35. The zero-order chi connectivity index (χ0) is 54.6. The summed E-state index contributed by atoms with van der Waals surface area (Å²) in [5.74, 6) is -7.08. The number of aliphatic hydroxyl groups is 5. The number of ether oxygens (including phenoxy) is 8. The Hall–Kier alpha value is -3.42. The summed E-state index contributed by atoms with van der Waals surface area (Å²) in [6, 6.07) is -4.46. The van der Waals surface area contributed by atoms with Crippen molar-refractivity contribution < 1.29 is 161 Å². The zero-order valence-electron chi connectivity index (χ0n) is 36.1. The molecule has 0 saturated carbocycles. The Morgan fingerprint density at radius 3 is 1.31 bits per heavy atom. The molecule has 416 valence electrons. The van der Waals surface area contributed by atoms with Crippen LogP contribution >= 0.6 is 0 Å². The van der Waals surface area contributed by atoms with Crippen molar-refractivity contribution in [3.63, 3.8) is 0 Å². The van der Waals surface area contributed by atoms with E-state index in [-0.39, 0.29) is 0 Å². The van der Waals surface area contributed by atoms with Gasteiger partial charge in [0.1, 0.15) is 97.5 Å². The Morgan fingerprint density at radius 1 is 0.528 bits per heavy atom. The number of aliphatic carboxylic acids is 2. The molecule has 0 aromatic rings. The third-order valence-corrected chi connectivity index (χ3v) is 11.8. The molecular weight excluding hydrogens is 1090 g/mol. The second kappa shape index (κ2) is 24.5. The highest BCUT2D eigenvalue weighted by Gasteiger charge is 2.58. The van der Waals surface area contributed by atoms with Crippen LogP contribution in [0.1, 0.15) is 13.8 Å². The highest BCUT2D eigenvalue weighted by Crippen LogP contribution is 2.37. The van der Waals surface area contributed by atoms with Gasteiger partial charge in [0.25, 0.3) is 0 Å². The summed E-state index contributed by atoms with van der Waals surface area (Å²) in [6.45, 7) is 1.09. The summed E-state index contributed by atoms with van der Waals surface area (Å²) in [7, 11) is -23.7. The average Bonchev–Trinajstić information content (AvgIpc) is 3.22. The van der Waals surface area contributed by atoms with E-state index in [4.69, 9.17) is 37.9 Å². The maximum absolute atomic E-state index is 12.8. The van der Waals surface area contributed by atoms with E-state index < -0.39 is 208 Å². The first kappa shape index (κ1) is 61.1. The average molecular weight is 1130 g/mol. The first-order valence-electron chi connectivity index (χ1n) is 19.7. The monoisotopic (exact) mass is 1130 g/mol. The predicted octanol–water partition coefficient (Wildman–Crippen LogP) is -12.8. The predicted molar refractivity (Wildman–Crippen MR) is 201 cm³/mol. The van der Waals surface area contributed by atoms with Gasteiger partial charge in [-0.25, -0.2) is 33.7 Å². The van der Waals surface area contributed by atoms with Crippen molar-refractivity contribution >= 4 is 65.3 Å². The number of carboxylic acid groups (broad SMARTS) is 2. The lowest BCUT2D eigenvalue weighted by Crippen LogP contribution is -2.72. The Kier molecular flexibility index (Phi) is 20.8. The van der Waals surface area contributed by atoms with Crippen LogP contribution in [0.2, 0.25) is 0 Å². The molecule has 0 aromatic carbocycles. The second-order valence-electron chi connectivity index (χ2n) is 15.2. The fraction of sp³-hybridized carbons (Fsp3) is 0.806. The Balaban J connectivity index is 1.83. The molecule has 4 rings (SSSR count). The lowest BCUT2D eigenvalue weighted by Gasteiger charge is -2.51. The van der Waals surface area contributed by atoms with Crippen LogP contribution in [-0.2, 0) is 115 Å². The van der Waals surface area contributed by atoms with E-state index in [1.54, 1.807) is 0 Å². The fourth-order valence-electron chi connectivity index (χ4n) is 7.31. The number of aliphatic hydroxyl groups excluding tert-OH is 5. The van der Waals surface area contributed by atoms with Crippen LogP contribution in [-0.4, -0.2) is 244 Å². The van der Waals surface area contributed by atoms with Crippen molar-refractivity contribution in [3.8, 4) is 0 Å². The van der Waals surface area contributed by atoms with Crippen LogP contribution in [0.5, 0.6) is 0 Å². The molecule has 0 radical (unpaired) electrons. The number of nitrogens with one attached hydrogen (secondary N) is 2. The number of amides is 2. The molecule has 7 N–H and O–H groups in total. The molecule has 4 fully saturated rings. The Labute approximate surface area is 405 Å². The van der Waals surface area contributed by atoms with Crippen molar-refractivity contribution in [1.82, 2.24) is 10.6 Å². The van der Waals surface area contributed by atoms with E-state index in [1.165, 1.54) is 0 Å². The van der Waals surface area contributed by atoms with Crippen LogP contribution in [0, 0.1) is 0 Å². The van der Waals surface area contributed by atoms with Gasteiger partial charge >= 0.3 is 0 Å². The summed E-state index contributed by atoms with van der Waals surface area (Å²) in [4.78, 5) is 49.6. The van der Waals surface area contributed by atoms with Crippen molar-refractivity contribution in [2.45, 2.75) is 137 Å². The zero-order valence-corrected chi connectivity index (χ0v) is 39.3. The summed E-state index contributed by atoms with van der Waals surface area (Å²) in [5, 5.41) is 82.8. The number of carbonyl (C=O) groups excluding carboxylic acids is 4. The van der Waals surface area contributed by atoms with E-state index >= 15 is 0 Å². The lowest BCUT2D eigenvalue weighted by atomic mass is 9.94. The molecule has 72 heavy (non-hydrogen) atoms. The van der Waals surface area contributed by atoms with Crippen LogP contribution < -0.4 is 20.8 Å². The van der Waals surface area contributed by atoms with Gasteiger partial charge in [0.05, 0.1) is 31.8 Å². The minimum Gasteiger partial charge on any atom is -0.726 e. The molecule has 2 amide bonds. The van der Waals surface area contributed by atoms with Gasteiger partial charge < -0.3 is 112 Å². The third-order valence-electron chi connectivity index (χ3n) is 10.1. The van der Waals surface area contributed by atoms with E-state index in [0.717, 1.165) is 13.0 Å². The number of carbonyl (C=O) groups is 4. The molecular formula is C31H42N2O35S4-6. The van der Waals surface area contributed by atoms with Crippen LogP contribution in [0.3, 0.4) is 0 Å². The minimum absolute atomic E-state index is 0.521. The molecule has 0 spiro atoms. The summed E-state index contributed by atoms with van der Waals surface area (Å²) < 4.78 is 201. The van der Waals surface area contributed by atoms with Gasteiger partial charge in [0.2, 0.25) is 53.4 Å². The second-order valence-corrected chi connectivity index (χ2v) is 19.3. The first-order chi connectivity index (χ1) is 33.0. The first-order valence-corrected chi connectivity index (χ1v) is 25.0. The van der Waals surface area contributed by atoms with Crippen molar-refractivity contribution in [1.29, 1.82) is 0 Å². The van der Waals surface area contributed by atoms with Gasteiger partial charge in [0, 0.05) is 13.8 Å². The molecule has 0 bridgehead atoms. The molecule has 20 atom stereocenters. The van der Waals surface area contributed by atoms with Gasteiger partial charge in [-0.15, -0.1) is 6.58 Å². The normalized spacial score (nSPS) is 38.0. The van der Waals surface area contributed by atoms with Gasteiger partial charge in [-0.2, -0.15) is 0 Å². The van der Waals surface area contributed by atoms with E-state index in [9.17, 15) is 107 Å². The van der Waals surface area contributed by atoms with Crippen LogP contribution in [0.15, 0.2) is 12.7 Å².